The van der Waals surface area contributed by atoms with Crippen molar-refractivity contribution in [1.82, 2.24) is 5.32 Å². The third-order valence-corrected chi connectivity index (χ3v) is 3.82. The van der Waals surface area contributed by atoms with E-state index in [-0.39, 0.29) is 17.2 Å². The van der Waals surface area contributed by atoms with Crippen molar-refractivity contribution in [2.75, 3.05) is 0 Å². The number of nitrogens with one attached hydrogen (secondary N) is 1. The summed E-state index contributed by atoms with van der Waals surface area (Å²) in [4.78, 5) is 23.0. The maximum atomic E-state index is 11.7. The average Bonchev–Trinajstić information content (AvgIpc) is 3.21. The van der Waals surface area contributed by atoms with E-state index in [2.05, 4.69) is 26.1 Å². The van der Waals surface area contributed by atoms with Crippen molar-refractivity contribution in [2.24, 2.45) is 5.92 Å². The number of carboxylic acid groups (broad SMARTS) is 1. The van der Waals surface area contributed by atoms with Gasteiger partial charge in [0.1, 0.15) is 6.04 Å². The molecule has 0 aromatic heterocycles. The third kappa shape index (κ3) is 4.31. The summed E-state index contributed by atoms with van der Waals surface area (Å²) >= 11 is 0. The fourth-order valence-corrected chi connectivity index (χ4v) is 2.21. The number of aliphatic carboxylic acids is 1. The van der Waals surface area contributed by atoms with Gasteiger partial charge in [0.2, 0.25) is 5.91 Å². The molecule has 1 aromatic rings. The predicted molar refractivity (Wildman–Crippen MR) is 81.1 cm³/mol. The van der Waals surface area contributed by atoms with Gasteiger partial charge in [0.15, 0.2) is 0 Å². The summed E-state index contributed by atoms with van der Waals surface area (Å²) in [6, 6.07) is 7.09. The van der Waals surface area contributed by atoms with E-state index in [9.17, 15) is 14.7 Å². The average molecular weight is 289 g/mol. The van der Waals surface area contributed by atoms with Crippen LogP contribution in [0.25, 0.3) is 0 Å². The molecule has 0 radical (unpaired) electrons. The fraction of sp³-hybridized carbons (Fsp3) is 0.529. The van der Waals surface area contributed by atoms with E-state index in [1.807, 2.05) is 24.3 Å². The minimum absolute atomic E-state index is 0.0233. The van der Waals surface area contributed by atoms with E-state index in [1.54, 1.807) is 0 Å². The van der Waals surface area contributed by atoms with E-state index < -0.39 is 12.0 Å². The molecule has 0 saturated heterocycles. The van der Waals surface area contributed by atoms with E-state index in [1.165, 1.54) is 5.56 Å². The minimum Gasteiger partial charge on any atom is -0.480 e. The summed E-state index contributed by atoms with van der Waals surface area (Å²) in [5.74, 6) is -1.09. The van der Waals surface area contributed by atoms with Crippen molar-refractivity contribution in [3.63, 3.8) is 0 Å². The topological polar surface area (TPSA) is 66.4 Å². The van der Waals surface area contributed by atoms with Crippen LogP contribution in [0.3, 0.4) is 0 Å². The molecule has 0 unspecified atom stereocenters. The summed E-state index contributed by atoms with van der Waals surface area (Å²) in [6.07, 6.45) is 2.06. The maximum Gasteiger partial charge on any atom is 0.326 e. The van der Waals surface area contributed by atoms with Crippen molar-refractivity contribution < 1.29 is 14.7 Å². The number of carbonyl (C=O) groups is 2. The highest BCUT2D eigenvalue weighted by Gasteiger charge is 2.32. The predicted octanol–water partition coefficient (Wildman–Crippen LogP) is 2.51. The molecule has 1 fully saturated rings. The van der Waals surface area contributed by atoms with Gasteiger partial charge < -0.3 is 10.4 Å². The fourth-order valence-electron chi connectivity index (χ4n) is 2.21. The molecule has 0 bridgehead atoms. The number of benzene rings is 1. The number of amides is 1. The molecule has 1 amide bonds. The first kappa shape index (κ1) is 15.5. The Labute approximate surface area is 125 Å². The van der Waals surface area contributed by atoms with Crippen molar-refractivity contribution in [2.45, 2.75) is 51.5 Å². The van der Waals surface area contributed by atoms with Gasteiger partial charge in [-0.05, 0) is 29.4 Å². The van der Waals surface area contributed by atoms with Crippen LogP contribution in [0.1, 0.15) is 44.7 Å². The van der Waals surface area contributed by atoms with Gasteiger partial charge in [-0.25, -0.2) is 4.79 Å². The molecule has 0 spiro atoms. The summed E-state index contributed by atoms with van der Waals surface area (Å²) in [7, 11) is 0. The van der Waals surface area contributed by atoms with Gasteiger partial charge in [-0.15, -0.1) is 0 Å². The minimum atomic E-state index is -0.983. The lowest BCUT2D eigenvalue weighted by Gasteiger charge is -2.20. The number of carbonyl (C=O) groups excluding carboxylic acids is 1. The zero-order chi connectivity index (χ0) is 15.6. The molecule has 2 rings (SSSR count). The van der Waals surface area contributed by atoms with Crippen molar-refractivity contribution in [3.8, 4) is 0 Å². The molecule has 1 saturated carbocycles. The second-order valence-corrected chi connectivity index (χ2v) is 6.82. The van der Waals surface area contributed by atoms with Crippen LogP contribution < -0.4 is 5.32 Å². The zero-order valence-corrected chi connectivity index (χ0v) is 12.8. The second kappa shape index (κ2) is 5.88. The van der Waals surface area contributed by atoms with Gasteiger partial charge >= 0.3 is 5.97 Å². The van der Waals surface area contributed by atoms with Gasteiger partial charge in [-0.2, -0.15) is 0 Å². The van der Waals surface area contributed by atoms with Crippen LogP contribution in [0, 0.1) is 5.92 Å². The van der Waals surface area contributed by atoms with Crippen LogP contribution in [0.4, 0.5) is 0 Å². The molecule has 4 nitrogen and oxygen atoms in total. The van der Waals surface area contributed by atoms with Crippen molar-refractivity contribution in [1.29, 1.82) is 0 Å². The monoisotopic (exact) mass is 289 g/mol. The quantitative estimate of drug-likeness (QED) is 0.875. The summed E-state index contributed by atoms with van der Waals surface area (Å²) in [5.41, 5.74) is 2.21. The molecule has 2 N–H and O–H groups in total. The number of hydrogen-bond donors (Lipinski definition) is 2. The Bertz CT molecular complexity index is 524. The van der Waals surface area contributed by atoms with Gasteiger partial charge in [-0.3, -0.25) is 4.79 Å². The SMILES string of the molecule is CC(C)(C)c1ccc(C[C@H](NC(=O)C2CC2)C(=O)O)cc1. The normalized spacial score (nSPS) is 16.3. The lowest BCUT2D eigenvalue weighted by Crippen LogP contribution is -2.43. The Morgan fingerprint density at radius 3 is 2.24 bits per heavy atom. The van der Waals surface area contributed by atoms with Gasteiger partial charge in [0.25, 0.3) is 0 Å². The smallest absolute Gasteiger partial charge is 0.326 e. The Morgan fingerprint density at radius 2 is 1.81 bits per heavy atom. The Hall–Kier alpha value is -1.84. The van der Waals surface area contributed by atoms with Crippen LogP contribution in [-0.2, 0) is 21.4 Å². The molecule has 1 atom stereocenters. The Kier molecular flexibility index (Phi) is 4.35. The van der Waals surface area contributed by atoms with E-state index in [0.717, 1.165) is 18.4 Å². The maximum absolute atomic E-state index is 11.7. The number of hydrogen-bond acceptors (Lipinski definition) is 2. The molecule has 1 aromatic carbocycles. The molecule has 1 aliphatic rings. The molecule has 0 aliphatic heterocycles. The van der Waals surface area contributed by atoms with E-state index in [4.69, 9.17) is 0 Å². The Morgan fingerprint density at radius 1 is 1.24 bits per heavy atom. The van der Waals surface area contributed by atoms with Gasteiger partial charge in [-0.1, -0.05) is 45.0 Å². The lowest BCUT2D eigenvalue weighted by molar-refractivity contribution is -0.142. The molecule has 4 heteroatoms. The first-order valence-electron chi connectivity index (χ1n) is 7.40. The summed E-state index contributed by atoms with van der Waals surface area (Å²) in [6.45, 7) is 6.41. The molecule has 1 aliphatic carbocycles. The summed E-state index contributed by atoms with van der Waals surface area (Å²) < 4.78 is 0. The molecule has 114 valence electrons. The van der Waals surface area contributed by atoms with Gasteiger partial charge in [0.05, 0.1) is 0 Å². The molecular formula is C17H23NO3. The third-order valence-electron chi connectivity index (χ3n) is 3.82. The molecule has 0 heterocycles. The first-order chi connectivity index (χ1) is 9.77. The van der Waals surface area contributed by atoms with E-state index in [0.29, 0.717) is 6.42 Å². The lowest BCUT2D eigenvalue weighted by atomic mass is 9.86. The molecule has 21 heavy (non-hydrogen) atoms. The van der Waals surface area contributed by atoms with Crippen molar-refractivity contribution >= 4 is 11.9 Å². The standard InChI is InChI=1S/C17H23NO3/c1-17(2,3)13-8-4-11(5-9-13)10-14(16(20)21)18-15(19)12-6-7-12/h4-5,8-9,12,14H,6-7,10H2,1-3H3,(H,18,19)(H,20,21)/t14-/m0/s1. The molecular weight excluding hydrogens is 266 g/mol. The number of carboxylic acids is 1. The number of rotatable bonds is 5. The highest BCUT2D eigenvalue weighted by atomic mass is 16.4. The van der Waals surface area contributed by atoms with Crippen molar-refractivity contribution in [3.05, 3.63) is 35.4 Å². The van der Waals surface area contributed by atoms with Crippen LogP contribution in [0.15, 0.2) is 24.3 Å². The first-order valence-corrected chi connectivity index (χ1v) is 7.40. The van der Waals surface area contributed by atoms with Crippen LogP contribution in [0.2, 0.25) is 0 Å². The largest absolute Gasteiger partial charge is 0.480 e. The Balaban J connectivity index is 2.02. The zero-order valence-electron chi connectivity index (χ0n) is 12.8. The van der Waals surface area contributed by atoms with Gasteiger partial charge in [0, 0.05) is 12.3 Å². The van der Waals surface area contributed by atoms with Crippen LogP contribution >= 0.6 is 0 Å². The van der Waals surface area contributed by atoms with E-state index >= 15 is 0 Å². The second-order valence-electron chi connectivity index (χ2n) is 6.82. The summed E-state index contributed by atoms with van der Waals surface area (Å²) in [5, 5.41) is 11.9. The highest BCUT2D eigenvalue weighted by Crippen LogP contribution is 2.29. The highest BCUT2D eigenvalue weighted by molar-refractivity contribution is 5.86. The van der Waals surface area contributed by atoms with Crippen LogP contribution in [0.5, 0.6) is 0 Å². The van der Waals surface area contributed by atoms with Crippen LogP contribution in [-0.4, -0.2) is 23.0 Å².